The molecule has 92 valence electrons. The van der Waals surface area contributed by atoms with E-state index in [-0.39, 0.29) is 0 Å². The molecule has 2 rings (SSSR count). The minimum Gasteiger partial charge on any atom is -0.478 e. The predicted molar refractivity (Wildman–Crippen MR) is 68.4 cm³/mol. The fraction of sp³-hybridized carbons (Fsp3) is 0.500. The number of carboxylic acids is 1. The van der Waals surface area contributed by atoms with Gasteiger partial charge < -0.3 is 10.4 Å². The number of carbonyl (C=O) groups is 1. The van der Waals surface area contributed by atoms with E-state index in [1.165, 1.54) is 0 Å². The summed E-state index contributed by atoms with van der Waals surface area (Å²) in [6.07, 6.45) is 2.29. The zero-order valence-corrected chi connectivity index (χ0v) is 10.3. The standard InChI is InChI=1S/C14H19NO2/c1-9(2)10-7-11(8-10)15-13-6-4-3-5-12(13)14(16)17/h3-6,9-11,15H,7-8H2,1-2H3,(H,16,17). The second kappa shape index (κ2) is 4.78. The highest BCUT2D eigenvalue weighted by atomic mass is 16.4. The molecule has 1 aromatic rings. The zero-order valence-electron chi connectivity index (χ0n) is 10.3. The smallest absolute Gasteiger partial charge is 0.337 e. The van der Waals surface area contributed by atoms with Gasteiger partial charge in [0.15, 0.2) is 0 Å². The maximum Gasteiger partial charge on any atom is 0.337 e. The molecular formula is C14H19NO2. The number of para-hydroxylation sites is 1. The maximum absolute atomic E-state index is 11.0. The summed E-state index contributed by atoms with van der Waals surface area (Å²) in [6, 6.07) is 7.54. The Kier molecular flexibility index (Phi) is 3.36. The normalized spacial score (nSPS) is 23.2. The summed E-state index contributed by atoms with van der Waals surface area (Å²) >= 11 is 0. The Morgan fingerprint density at radius 3 is 2.59 bits per heavy atom. The van der Waals surface area contributed by atoms with E-state index in [2.05, 4.69) is 19.2 Å². The van der Waals surface area contributed by atoms with Crippen molar-refractivity contribution in [3.63, 3.8) is 0 Å². The van der Waals surface area contributed by atoms with Crippen LogP contribution in [0, 0.1) is 11.8 Å². The van der Waals surface area contributed by atoms with Crippen LogP contribution in [0.2, 0.25) is 0 Å². The summed E-state index contributed by atoms with van der Waals surface area (Å²) in [4.78, 5) is 11.0. The van der Waals surface area contributed by atoms with Gasteiger partial charge in [0.2, 0.25) is 0 Å². The molecule has 0 radical (unpaired) electrons. The highest BCUT2D eigenvalue weighted by Gasteiger charge is 2.31. The van der Waals surface area contributed by atoms with Gasteiger partial charge in [0, 0.05) is 11.7 Å². The summed E-state index contributed by atoms with van der Waals surface area (Å²) in [7, 11) is 0. The SMILES string of the molecule is CC(C)C1CC(Nc2ccccc2C(=O)O)C1. The average molecular weight is 233 g/mol. The van der Waals surface area contributed by atoms with Crippen molar-refractivity contribution in [1.82, 2.24) is 0 Å². The molecular weight excluding hydrogens is 214 g/mol. The first-order valence-corrected chi connectivity index (χ1v) is 6.16. The van der Waals surface area contributed by atoms with Crippen molar-refractivity contribution in [1.29, 1.82) is 0 Å². The van der Waals surface area contributed by atoms with Gasteiger partial charge in [-0.3, -0.25) is 0 Å². The summed E-state index contributed by atoms with van der Waals surface area (Å²) in [6.45, 7) is 4.48. The van der Waals surface area contributed by atoms with Crippen LogP contribution in [0.25, 0.3) is 0 Å². The third-order valence-electron chi connectivity index (χ3n) is 3.63. The quantitative estimate of drug-likeness (QED) is 0.839. The van der Waals surface area contributed by atoms with Gasteiger partial charge in [-0.15, -0.1) is 0 Å². The van der Waals surface area contributed by atoms with Crippen molar-refractivity contribution in [2.75, 3.05) is 5.32 Å². The second-order valence-corrected chi connectivity index (χ2v) is 5.17. The Labute approximate surface area is 102 Å². The minimum absolute atomic E-state index is 0.362. The molecule has 0 atom stereocenters. The van der Waals surface area contributed by atoms with E-state index in [4.69, 9.17) is 5.11 Å². The van der Waals surface area contributed by atoms with Crippen molar-refractivity contribution in [2.45, 2.75) is 32.7 Å². The highest BCUT2D eigenvalue weighted by molar-refractivity contribution is 5.94. The van der Waals surface area contributed by atoms with E-state index < -0.39 is 5.97 Å². The molecule has 3 heteroatoms. The number of rotatable bonds is 4. The number of hydrogen-bond donors (Lipinski definition) is 2. The van der Waals surface area contributed by atoms with E-state index in [0.717, 1.165) is 30.4 Å². The molecule has 1 aliphatic rings. The van der Waals surface area contributed by atoms with Crippen LogP contribution in [0.5, 0.6) is 0 Å². The molecule has 0 saturated heterocycles. The van der Waals surface area contributed by atoms with Gasteiger partial charge >= 0.3 is 5.97 Å². The summed E-state index contributed by atoms with van der Waals surface area (Å²) in [5.74, 6) is 0.639. The molecule has 17 heavy (non-hydrogen) atoms. The molecule has 2 N–H and O–H groups in total. The Bertz CT molecular complexity index is 408. The van der Waals surface area contributed by atoms with Gasteiger partial charge in [0.1, 0.15) is 0 Å². The molecule has 0 aliphatic heterocycles. The number of anilines is 1. The Hall–Kier alpha value is -1.51. The summed E-state index contributed by atoms with van der Waals surface area (Å²) in [5.41, 5.74) is 1.10. The lowest BCUT2D eigenvalue weighted by Gasteiger charge is -2.39. The minimum atomic E-state index is -0.868. The van der Waals surface area contributed by atoms with Crippen molar-refractivity contribution < 1.29 is 9.90 Å². The van der Waals surface area contributed by atoms with Crippen molar-refractivity contribution in [2.24, 2.45) is 11.8 Å². The fourth-order valence-electron chi connectivity index (χ4n) is 2.34. The largest absolute Gasteiger partial charge is 0.478 e. The predicted octanol–water partition coefficient (Wildman–Crippen LogP) is 3.23. The first kappa shape index (κ1) is 12.0. The summed E-state index contributed by atoms with van der Waals surface area (Å²) < 4.78 is 0. The van der Waals surface area contributed by atoms with E-state index in [9.17, 15) is 4.79 Å². The fourth-order valence-corrected chi connectivity index (χ4v) is 2.34. The van der Waals surface area contributed by atoms with Crippen LogP contribution in [0.4, 0.5) is 5.69 Å². The van der Waals surface area contributed by atoms with E-state index in [0.29, 0.717) is 11.6 Å². The molecule has 1 fully saturated rings. The number of hydrogen-bond acceptors (Lipinski definition) is 2. The lowest BCUT2D eigenvalue weighted by molar-refractivity contribution is 0.0697. The van der Waals surface area contributed by atoms with E-state index >= 15 is 0 Å². The van der Waals surface area contributed by atoms with Gasteiger partial charge in [-0.25, -0.2) is 4.79 Å². The van der Waals surface area contributed by atoms with Crippen LogP contribution in [0.1, 0.15) is 37.0 Å². The molecule has 0 bridgehead atoms. The van der Waals surface area contributed by atoms with Crippen molar-refractivity contribution in [3.8, 4) is 0 Å². The van der Waals surface area contributed by atoms with Crippen LogP contribution in [0.15, 0.2) is 24.3 Å². The average Bonchev–Trinajstić information content (AvgIpc) is 2.22. The molecule has 0 unspecified atom stereocenters. The van der Waals surface area contributed by atoms with Crippen molar-refractivity contribution >= 4 is 11.7 Å². The Morgan fingerprint density at radius 2 is 2.00 bits per heavy atom. The van der Waals surface area contributed by atoms with E-state index in [1.54, 1.807) is 12.1 Å². The van der Waals surface area contributed by atoms with Gasteiger partial charge in [-0.05, 0) is 36.8 Å². The molecule has 3 nitrogen and oxygen atoms in total. The Morgan fingerprint density at radius 1 is 1.35 bits per heavy atom. The molecule has 1 saturated carbocycles. The molecule has 1 aliphatic carbocycles. The number of benzene rings is 1. The third-order valence-corrected chi connectivity index (χ3v) is 3.63. The van der Waals surface area contributed by atoms with Gasteiger partial charge in [0.25, 0.3) is 0 Å². The molecule has 1 aromatic carbocycles. The monoisotopic (exact) mass is 233 g/mol. The maximum atomic E-state index is 11.0. The number of nitrogens with one attached hydrogen (secondary N) is 1. The summed E-state index contributed by atoms with van der Waals surface area (Å²) in [5, 5.41) is 12.4. The van der Waals surface area contributed by atoms with Crippen LogP contribution in [0.3, 0.4) is 0 Å². The first-order chi connectivity index (χ1) is 8.08. The second-order valence-electron chi connectivity index (χ2n) is 5.17. The van der Waals surface area contributed by atoms with Crippen molar-refractivity contribution in [3.05, 3.63) is 29.8 Å². The van der Waals surface area contributed by atoms with Gasteiger partial charge in [-0.1, -0.05) is 26.0 Å². The van der Waals surface area contributed by atoms with Crippen LogP contribution >= 0.6 is 0 Å². The Balaban J connectivity index is 1.99. The van der Waals surface area contributed by atoms with Gasteiger partial charge in [0.05, 0.1) is 5.56 Å². The molecule has 0 spiro atoms. The zero-order chi connectivity index (χ0) is 12.4. The van der Waals surface area contributed by atoms with Crippen LogP contribution < -0.4 is 5.32 Å². The first-order valence-electron chi connectivity index (χ1n) is 6.16. The van der Waals surface area contributed by atoms with Crippen LogP contribution in [-0.4, -0.2) is 17.1 Å². The topological polar surface area (TPSA) is 49.3 Å². The van der Waals surface area contributed by atoms with Gasteiger partial charge in [-0.2, -0.15) is 0 Å². The third kappa shape index (κ3) is 2.60. The lowest BCUT2D eigenvalue weighted by Crippen LogP contribution is -2.38. The lowest BCUT2D eigenvalue weighted by atomic mass is 9.73. The number of aromatic carboxylic acids is 1. The van der Waals surface area contributed by atoms with E-state index in [1.807, 2.05) is 12.1 Å². The molecule has 0 amide bonds. The number of carboxylic acid groups (broad SMARTS) is 1. The molecule has 0 aromatic heterocycles. The van der Waals surface area contributed by atoms with Crippen LogP contribution in [-0.2, 0) is 0 Å². The molecule has 0 heterocycles. The highest BCUT2D eigenvalue weighted by Crippen LogP contribution is 2.35.